The molecular weight excluding hydrogens is 272 g/mol. The topological polar surface area (TPSA) is 64.4 Å². The Morgan fingerprint density at radius 1 is 1.50 bits per heavy atom. The van der Waals surface area contributed by atoms with Crippen molar-refractivity contribution in [3.05, 3.63) is 29.1 Å². The summed E-state index contributed by atoms with van der Waals surface area (Å²) in [6, 6.07) is 7.81. The van der Waals surface area contributed by atoms with Gasteiger partial charge in [0.15, 0.2) is 0 Å². The van der Waals surface area contributed by atoms with Gasteiger partial charge in [-0.2, -0.15) is 0 Å². The Hall–Kier alpha value is -1.59. The van der Waals surface area contributed by atoms with Crippen molar-refractivity contribution in [1.29, 1.82) is 0 Å². The fraction of sp³-hybridized carbons (Fsp3) is 0.400. The molecule has 4 nitrogen and oxygen atoms in total. The van der Waals surface area contributed by atoms with Gasteiger partial charge in [-0.15, -0.1) is 11.3 Å². The van der Waals surface area contributed by atoms with Crippen molar-refractivity contribution in [2.24, 2.45) is 0 Å². The third kappa shape index (κ3) is 2.39. The Bertz CT molecular complexity index is 644. The first-order valence-corrected chi connectivity index (χ1v) is 7.60. The lowest BCUT2D eigenvalue weighted by Crippen LogP contribution is -2.40. The Morgan fingerprint density at radius 2 is 2.30 bits per heavy atom. The summed E-state index contributed by atoms with van der Waals surface area (Å²) in [4.78, 5) is 12.9. The van der Waals surface area contributed by atoms with Crippen LogP contribution in [0.2, 0.25) is 0 Å². The highest BCUT2D eigenvalue weighted by molar-refractivity contribution is 7.21. The molecule has 0 aliphatic carbocycles. The van der Waals surface area contributed by atoms with Crippen LogP contribution in [0.3, 0.4) is 0 Å². The molecular formula is C15H18N2O2S. The van der Waals surface area contributed by atoms with Gasteiger partial charge in [0.2, 0.25) is 0 Å². The monoisotopic (exact) mass is 290 g/mol. The van der Waals surface area contributed by atoms with Gasteiger partial charge in [-0.1, -0.05) is 18.2 Å². The van der Waals surface area contributed by atoms with E-state index in [9.17, 15) is 4.79 Å². The van der Waals surface area contributed by atoms with E-state index >= 15 is 0 Å². The van der Waals surface area contributed by atoms with Gasteiger partial charge in [-0.3, -0.25) is 4.79 Å². The normalized spacial score (nSPS) is 22.2. The summed E-state index contributed by atoms with van der Waals surface area (Å²) in [5.74, 6) is -0.111. The van der Waals surface area contributed by atoms with Crippen LogP contribution in [0.25, 0.3) is 10.1 Å². The van der Waals surface area contributed by atoms with Crippen molar-refractivity contribution in [2.75, 3.05) is 18.9 Å². The van der Waals surface area contributed by atoms with Gasteiger partial charge in [-0.25, -0.2) is 0 Å². The number of carbonyl (C=O) groups excluding carboxylic acids is 1. The zero-order valence-electron chi connectivity index (χ0n) is 11.4. The second-order valence-electron chi connectivity index (χ2n) is 5.43. The molecule has 1 aliphatic heterocycles. The van der Waals surface area contributed by atoms with E-state index in [0.29, 0.717) is 17.1 Å². The number of anilines is 1. The molecule has 0 bridgehead atoms. The minimum atomic E-state index is -0.235. The molecule has 1 atom stereocenters. The quantitative estimate of drug-likeness (QED) is 0.913. The molecule has 1 aromatic heterocycles. The molecule has 1 aliphatic rings. The van der Waals surface area contributed by atoms with E-state index in [4.69, 9.17) is 10.5 Å². The van der Waals surface area contributed by atoms with Crippen LogP contribution in [0.1, 0.15) is 29.4 Å². The SMILES string of the molecule is CC1(CNC(=O)c2sc3ccccc3c2N)CCCO1. The predicted octanol–water partition coefficient (Wildman–Crippen LogP) is 2.78. The van der Waals surface area contributed by atoms with Gasteiger partial charge in [-0.05, 0) is 25.8 Å². The van der Waals surface area contributed by atoms with Crippen LogP contribution in [-0.2, 0) is 4.74 Å². The van der Waals surface area contributed by atoms with E-state index in [2.05, 4.69) is 5.32 Å². The molecule has 5 heteroatoms. The number of rotatable bonds is 3. The van der Waals surface area contributed by atoms with Gasteiger partial charge in [0.1, 0.15) is 4.88 Å². The highest BCUT2D eigenvalue weighted by Crippen LogP contribution is 2.33. The molecule has 3 N–H and O–H groups in total. The largest absolute Gasteiger partial charge is 0.397 e. The third-order valence-electron chi connectivity index (χ3n) is 3.76. The van der Waals surface area contributed by atoms with Crippen molar-refractivity contribution < 1.29 is 9.53 Å². The van der Waals surface area contributed by atoms with E-state index < -0.39 is 0 Å². The summed E-state index contributed by atoms with van der Waals surface area (Å²) in [7, 11) is 0. The molecule has 1 saturated heterocycles. The first kappa shape index (κ1) is 13.4. The number of nitrogen functional groups attached to an aromatic ring is 1. The average Bonchev–Trinajstić information content (AvgIpc) is 3.02. The van der Waals surface area contributed by atoms with Crippen molar-refractivity contribution in [1.82, 2.24) is 5.32 Å². The van der Waals surface area contributed by atoms with Gasteiger partial charge in [0.25, 0.3) is 5.91 Å². The molecule has 1 aromatic carbocycles. The number of thiophene rings is 1. The van der Waals surface area contributed by atoms with E-state index in [1.165, 1.54) is 11.3 Å². The summed E-state index contributed by atoms with van der Waals surface area (Å²) < 4.78 is 6.71. The predicted molar refractivity (Wildman–Crippen MR) is 82.2 cm³/mol. The maximum atomic E-state index is 12.3. The van der Waals surface area contributed by atoms with E-state index in [1.807, 2.05) is 31.2 Å². The molecule has 1 fully saturated rings. The number of ether oxygens (including phenoxy) is 1. The van der Waals surface area contributed by atoms with Gasteiger partial charge in [0, 0.05) is 23.2 Å². The zero-order chi connectivity index (χ0) is 14.2. The lowest BCUT2D eigenvalue weighted by atomic mass is 10.0. The highest BCUT2D eigenvalue weighted by Gasteiger charge is 2.30. The lowest BCUT2D eigenvalue weighted by molar-refractivity contribution is 0.0206. The second-order valence-corrected chi connectivity index (χ2v) is 6.48. The maximum absolute atomic E-state index is 12.3. The van der Waals surface area contributed by atoms with Crippen LogP contribution in [-0.4, -0.2) is 24.7 Å². The molecule has 20 heavy (non-hydrogen) atoms. The van der Waals surface area contributed by atoms with Crippen molar-refractivity contribution in [2.45, 2.75) is 25.4 Å². The second kappa shape index (κ2) is 5.07. The van der Waals surface area contributed by atoms with Crippen LogP contribution >= 0.6 is 11.3 Å². The van der Waals surface area contributed by atoms with Crippen molar-refractivity contribution in [3.8, 4) is 0 Å². The third-order valence-corrected chi connectivity index (χ3v) is 4.95. The number of carbonyl (C=O) groups is 1. The van der Waals surface area contributed by atoms with Crippen LogP contribution in [0, 0.1) is 0 Å². The number of nitrogens with two attached hydrogens (primary N) is 1. The summed E-state index contributed by atoms with van der Waals surface area (Å²) >= 11 is 1.44. The molecule has 0 radical (unpaired) electrons. The first-order chi connectivity index (χ1) is 9.59. The molecule has 3 rings (SSSR count). The average molecular weight is 290 g/mol. The summed E-state index contributed by atoms with van der Waals surface area (Å²) in [5.41, 5.74) is 6.41. The summed E-state index contributed by atoms with van der Waals surface area (Å²) in [5, 5.41) is 3.90. The summed E-state index contributed by atoms with van der Waals surface area (Å²) in [6.45, 7) is 3.34. The number of fused-ring (bicyclic) bond motifs is 1. The fourth-order valence-corrected chi connectivity index (χ4v) is 3.60. The number of hydrogen-bond donors (Lipinski definition) is 2. The first-order valence-electron chi connectivity index (χ1n) is 6.78. The van der Waals surface area contributed by atoms with E-state index in [1.54, 1.807) is 0 Å². The van der Waals surface area contributed by atoms with Crippen LogP contribution < -0.4 is 11.1 Å². The maximum Gasteiger partial charge on any atom is 0.263 e. The van der Waals surface area contributed by atoms with Gasteiger partial charge >= 0.3 is 0 Å². The summed E-state index contributed by atoms with van der Waals surface area (Å²) in [6.07, 6.45) is 2.03. The van der Waals surface area contributed by atoms with Crippen LogP contribution in [0.5, 0.6) is 0 Å². The minimum Gasteiger partial charge on any atom is -0.397 e. The van der Waals surface area contributed by atoms with Crippen LogP contribution in [0.15, 0.2) is 24.3 Å². The molecule has 2 aromatic rings. The highest BCUT2D eigenvalue weighted by atomic mass is 32.1. The Balaban J connectivity index is 1.77. The lowest BCUT2D eigenvalue weighted by Gasteiger charge is -2.23. The smallest absolute Gasteiger partial charge is 0.263 e. The Morgan fingerprint density at radius 3 is 3.00 bits per heavy atom. The Kier molecular flexibility index (Phi) is 3.40. The molecule has 106 valence electrons. The van der Waals surface area contributed by atoms with Gasteiger partial charge in [0.05, 0.1) is 11.3 Å². The molecule has 0 saturated carbocycles. The zero-order valence-corrected chi connectivity index (χ0v) is 12.3. The number of amides is 1. The molecule has 0 spiro atoms. The molecule has 1 amide bonds. The van der Waals surface area contributed by atoms with Crippen LogP contribution in [0.4, 0.5) is 5.69 Å². The van der Waals surface area contributed by atoms with E-state index in [0.717, 1.165) is 29.5 Å². The molecule has 2 heterocycles. The van der Waals surface area contributed by atoms with Gasteiger partial charge < -0.3 is 15.8 Å². The number of nitrogens with one attached hydrogen (secondary N) is 1. The van der Waals surface area contributed by atoms with Crippen molar-refractivity contribution >= 4 is 33.0 Å². The number of benzene rings is 1. The standard InChI is InChI=1S/C15H18N2O2S/c1-15(7-4-8-19-15)9-17-14(18)13-12(16)10-5-2-3-6-11(10)20-13/h2-3,5-6H,4,7-9,16H2,1H3,(H,17,18). The number of hydrogen-bond acceptors (Lipinski definition) is 4. The Labute approximate surface area is 121 Å². The van der Waals surface area contributed by atoms with E-state index in [-0.39, 0.29) is 11.5 Å². The molecule has 1 unspecified atom stereocenters. The minimum absolute atomic E-state index is 0.111. The fourth-order valence-electron chi connectivity index (χ4n) is 2.56. The van der Waals surface area contributed by atoms with Crippen molar-refractivity contribution in [3.63, 3.8) is 0 Å².